The fourth-order valence-corrected chi connectivity index (χ4v) is 1.64. The Morgan fingerprint density at radius 3 is 3.00 bits per heavy atom. The van der Waals surface area contributed by atoms with Crippen molar-refractivity contribution in [2.24, 2.45) is 0 Å². The lowest BCUT2D eigenvalue weighted by Gasteiger charge is -1.99. The summed E-state index contributed by atoms with van der Waals surface area (Å²) in [4.78, 5) is 11.4. The normalized spacial score (nSPS) is 11.1. The van der Waals surface area contributed by atoms with Gasteiger partial charge in [0.1, 0.15) is 0 Å². The number of fused-ring (bicyclic) bond motifs is 1. The summed E-state index contributed by atoms with van der Waals surface area (Å²) >= 11 is 5.83. The van der Waals surface area contributed by atoms with E-state index in [0.717, 1.165) is 0 Å². The number of benzene rings is 1. The monoisotopic (exact) mass is 227 g/mol. The molecule has 0 saturated heterocycles. The summed E-state index contributed by atoms with van der Waals surface area (Å²) in [6.45, 7) is 0.475. The molecule has 0 amide bonds. The number of hydrogen-bond donors (Lipinski definition) is 1. The third-order valence-corrected chi connectivity index (χ3v) is 2.40. The number of rotatable bonds is 3. The second-order valence-electron chi connectivity index (χ2n) is 3.21. The third-order valence-electron chi connectivity index (χ3n) is 2.17. The van der Waals surface area contributed by atoms with Crippen LogP contribution in [0.15, 0.2) is 27.4 Å². The fourth-order valence-electron chi connectivity index (χ4n) is 1.48. The minimum atomic E-state index is -0.416. The number of nitrogens with zero attached hydrogens (tertiary/aromatic N) is 1. The highest BCUT2D eigenvalue weighted by atomic mass is 35.5. The van der Waals surface area contributed by atoms with E-state index in [1.165, 1.54) is 4.57 Å². The van der Waals surface area contributed by atoms with Crippen molar-refractivity contribution in [2.45, 2.75) is 13.0 Å². The zero-order valence-electron chi connectivity index (χ0n) is 7.94. The average molecular weight is 228 g/mol. The molecule has 0 spiro atoms. The Morgan fingerprint density at radius 2 is 2.27 bits per heavy atom. The summed E-state index contributed by atoms with van der Waals surface area (Å²) in [5.74, 6) is -0.416. The zero-order chi connectivity index (χ0) is 10.8. The van der Waals surface area contributed by atoms with Gasteiger partial charge in [-0.25, -0.2) is 4.79 Å². The van der Waals surface area contributed by atoms with Gasteiger partial charge in [0, 0.05) is 18.2 Å². The lowest BCUT2D eigenvalue weighted by molar-refractivity contribution is 0.278. The maximum atomic E-state index is 11.4. The zero-order valence-corrected chi connectivity index (χ0v) is 8.70. The van der Waals surface area contributed by atoms with Gasteiger partial charge in [-0.15, -0.1) is 0 Å². The van der Waals surface area contributed by atoms with Crippen LogP contribution in [0.5, 0.6) is 0 Å². The Hall–Kier alpha value is -1.26. The van der Waals surface area contributed by atoms with Gasteiger partial charge in [-0.3, -0.25) is 4.57 Å². The highest BCUT2D eigenvalue weighted by Gasteiger charge is 2.08. The SMILES string of the molecule is O=c1oc2ccc(Cl)cc2n1CCCO. The van der Waals surface area contributed by atoms with Crippen molar-refractivity contribution < 1.29 is 9.52 Å². The predicted octanol–water partition coefficient (Wildman–Crippen LogP) is 1.63. The lowest BCUT2D eigenvalue weighted by Crippen LogP contribution is -2.14. The van der Waals surface area contributed by atoms with Gasteiger partial charge in [-0.05, 0) is 24.6 Å². The first kappa shape index (κ1) is 10.3. The highest BCUT2D eigenvalue weighted by Crippen LogP contribution is 2.18. The van der Waals surface area contributed by atoms with Gasteiger partial charge in [0.2, 0.25) is 0 Å². The summed E-state index contributed by atoms with van der Waals surface area (Å²) in [5.41, 5.74) is 1.18. The molecule has 4 nitrogen and oxygen atoms in total. The second-order valence-corrected chi connectivity index (χ2v) is 3.65. The molecule has 0 atom stereocenters. The van der Waals surface area contributed by atoms with E-state index < -0.39 is 5.76 Å². The van der Waals surface area contributed by atoms with E-state index in [-0.39, 0.29) is 6.61 Å². The molecule has 5 heteroatoms. The molecule has 15 heavy (non-hydrogen) atoms. The summed E-state index contributed by atoms with van der Waals surface area (Å²) in [7, 11) is 0. The van der Waals surface area contributed by atoms with Crippen LogP contribution in [-0.2, 0) is 6.54 Å². The molecule has 1 N–H and O–H groups in total. The first-order valence-electron chi connectivity index (χ1n) is 4.62. The summed E-state index contributed by atoms with van der Waals surface area (Å²) in [6, 6.07) is 5.01. The first-order valence-corrected chi connectivity index (χ1v) is 5.00. The van der Waals surface area contributed by atoms with E-state index >= 15 is 0 Å². The van der Waals surface area contributed by atoms with Gasteiger partial charge in [0.25, 0.3) is 0 Å². The molecule has 2 aromatic rings. The van der Waals surface area contributed by atoms with E-state index in [9.17, 15) is 4.79 Å². The quantitative estimate of drug-likeness (QED) is 0.867. The van der Waals surface area contributed by atoms with Crippen molar-refractivity contribution in [2.75, 3.05) is 6.61 Å². The summed E-state index contributed by atoms with van der Waals surface area (Å²) in [6.07, 6.45) is 0.515. The molecule has 0 saturated carbocycles. The van der Waals surface area contributed by atoms with Crippen molar-refractivity contribution in [1.82, 2.24) is 4.57 Å². The van der Waals surface area contributed by atoms with Crippen LogP contribution in [0.25, 0.3) is 11.1 Å². The van der Waals surface area contributed by atoms with Gasteiger partial charge >= 0.3 is 5.76 Å². The van der Waals surface area contributed by atoms with Crippen LogP contribution in [0.4, 0.5) is 0 Å². The minimum Gasteiger partial charge on any atom is -0.408 e. The number of aryl methyl sites for hydroxylation is 1. The Labute approximate surface area is 90.7 Å². The molecule has 0 bridgehead atoms. The molecule has 2 rings (SSSR count). The van der Waals surface area contributed by atoms with Crippen LogP contribution in [0.2, 0.25) is 5.02 Å². The van der Waals surface area contributed by atoms with Gasteiger partial charge in [-0.2, -0.15) is 0 Å². The molecule has 1 heterocycles. The van der Waals surface area contributed by atoms with Gasteiger partial charge in [-0.1, -0.05) is 11.6 Å². The Bertz CT molecular complexity index is 529. The third kappa shape index (κ3) is 1.91. The fraction of sp³-hybridized carbons (Fsp3) is 0.300. The molecule has 1 aromatic carbocycles. The van der Waals surface area contributed by atoms with Crippen LogP contribution >= 0.6 is 11.6 Å². The maximum absolute atomic E-state index is 11.4. The number of oxazole rings is 1. The lowest BCUT2D eigenvalue weighted by atomic mass is 10.3. The number of aliphatic hydroxyl groups excluding tert-OH is 1. The Balaban J connectivity index is 2.55. The standard InChI is InChI=1S/C10H10ClNO3/c11-7-2-3-9-8(6-7)12(4-1-5-13)10(14)15-9/h2-3,6,13H,1,4-5H2. The van der Waals surface area contributed by atoms with Crippen molar-refractivity contribution >= 4 is 22.7 Å². The number of halogens is 1. The van der Waals surface area contributed by atoms with Crippen LogP contribution in [0, 0.1) is 0 Å². The van der Waals surface area contributed by atoms with Crippen LogP contribution < -0.4 is 5.76 Å². The maximum Gasteiger partial charge on any atom is 0.419 e. The summed E-state index contributed by atoms with van der Waals surface area (Å²) < 4.78 is 6.49. The summed E-state index contributed by atoms with van der Waals surface area (Å²) in [5, 5.41) is 9.27. The van der Waals surface area contributed by atoms with Gasteiger partial charge in [0.05, 0.1) is 5.52 Å². The molecule has 0 aliphatic heterocycles. The number of aromatic nitrogens is 1. The topological polar surface area (TPSA) is 55.4 Å². The molecule has 0 aliphatic rings. The highest BCUT2D eigenvalue weighted by molar-refractivity contribution is 6.31. The van der Waals surface area contributed by atoms with Crippen molar-refractivity contribution in [3.63, 3.8) is 0 Å². The second kappa shape index (κ2) is 4.08. The smallest absolute Gasteiger partial charge is 0.408 e. The van der Waals surface area contributed by atoms with Gasteiger partial charge in [0.15, 0.2) is 5.58 Å². The van der Waals surface area contributed by atoms with Crippen LogP contribution in [-0.4, -0.2) is 16.3 Å². The molecule has 0 radical (unpaired) electrons. The molecule has 0 aliphatic carbocycles. The van der Waals surface area contributed by atoms with Gasteiger partial charge < -0.3 is 9.52 Å². The largest absolute Gasteiger partial charge is 0.419 e. The van der Waals surface area contributed by atoms with E-state index in [4.69, 9.17) is 21.1 Å². The number of hydrogen-bond acceptors (Lipinski definition) is 3. The Morgan fingerprint density at radius 1 is 1.47 bits per heavy atom. The number of aliphatic hydroxyl groups is 1. The van der Waals surface area contributed by atoms with E-state index in [1.807, 2.05) is 0 Å². The van der Waals surface area contributed by atoms with Crippen molar-refractivity contribution in [1.29, 1.82) is 0 Å². The van der Waals surface area contributed by atoms with E-state index in [1.54, 1.807) is 18.2 Å². The van der Waals surface area contributed by atoms with E-state index in [2.05, 4.69) is 0 Å². The van der Waals surface area contributed by atoms with Crippen molar-refractivity contribution in [3.8, 4) is 0 Å². The minimum absolute atomic E-state index is 0.0413. The molecule has 80 valence electrons. The molecular weight excluding hydrogens is 218 g/mol. The predicted molar refractivity (Wildman–Crippen MR) is 57.2 cm³/mol. The molecular formula is C10H10ClNO3. The van der Waals surface area contributed by atoms with E-state index in [0.29, 0.717) is 29.1 Å². The Kier molecular flexibility index (Phi) is 2.79. The van der Waals surface area contributed by atoms with Crippen LogP contribution in [0.3, 0.4) is 0 Å². The molecule has 1 aromatic heterocycles. The molecule has 0 unspecified atom stereocenters. The first-order chi connectivity index (χ1) is 7.22. The van der Waals surface area contributed by atoms with Crippen molar-refractivity contribution in [3.05, 3.63) is 33.8 Å². The molecule has 0 fully saturated rings. The van der Waals surface area contributed by atoms with Crippen LogP contribution in [0.1, 0.15) is 6.42 Å². The average Bonchev–Trinajstić information content (AvgIpc) is 2.51.